The minimum absolute atomic E-state index is 0.0231. The Bertz CT molecular complexity index is 1040. The minimum Gasteiger partial charge on any atom is -0.481 e. The van der Waals surface area contributed by atoms with E-state index in [1.54, 1.807) is 0 Å². The monoisotopic (exact) mass is 472 g/mol. The molecule has 0 aromatic heterocycles. The average molecular weight is 472 g/mol. The molecular formula is C25H26F2N2O5. The van der Waals surface area contributed by atoms with E-state index in [9.17, 15) is 23.2 Å². The molecule has 2 aliphatic carbocycles. The zero-order valence-electron chi connectivity index (χ0n) is 18.4. The van der Waals surface area contributed by atoms with Crippen LogP contribution in [0.3, 0.4) is 0 Å². The second kappa shape index (κ2) is 9.79. The van der Waals surface area contributed by atoms with Crippen LogP contribution in [0.15, 0.2) is 48.5 Å². The number of ether oxygens (including phenoxy) is 1. The van der Waals surface area contributed by atoms with Gasteiger partial charge in [0, 0.05) is 18.4 Å². The van der Waals surface area contributed by atoms with Crippen LogP contribution in [0.1, 0.15) is 42.7 Å². The highest BCUT2D eigenvalue weighted by Gasteiger charge is 2.41. The quantitative estimate of drug-likeness (QED) is 0.540. The SMILES string of the molecule is O=C(O)C[C@@H]1CC[C@H](NC(=O)C(F)(F)CNC(=O)OCC2c3ccccc3-c3ccccc32)C1. The molecule has 1 fully saturated rings. The van der Waals surface area contributed by atoms with Crippen LogP contribution < -0.4 is 10.6 Å². The number of carboxylic acids is 1. The Morgan fingerprint density at radius 3 is 2.24 bits per heavy atom. The van der Waals surface area contributed by atoms with Gasteiger partial charge in [0.25, 0.3) is 5.91 Å². The number of carbonyl (C=O) groups is 3. The van der Waals surface area contributed by atoms with Crippen molar-refractivity contribution in [3.63, 3.8) is 0 Å². The number of aliphatic carboxylic acids is 1. The van der Waals surface area contributed by atoms with Crippen LogP contribution >= 0.6 is 0 Å². The van der Waals surface area contributed by atoms with Crippen molar-refractivity contribution in [2.24, 2.45) is 5.92 Å². The predicted molar refractivity (Wildman–Crippen MR) is 120 cm³/mol. The standard InChI is InChI=1S/C25H26F2N2O5/c26-25(27,23(32)29-16-10-9-15(11-16)12-22(30)31)14-28-24(33)34-13-21-19-7-3-1-5-17(19)18-6-2-4-8-20(18)21/h1-8,15-16,21H,9-14H2,(H,28,33)(H,29,32)(H,30,31)/t15-,16+/m1/s1. The molecule has 0 unspecified atom stereocenters. The molecule has 2 aromatic carbocycles. The van der Waals surface area contributed by atoms with Gasteiger partial charge in [-0.2, -0.15) is 8.78 Å². The zero-order valence-corrected chi connectivity index (χ0v) is 18.4. The van der Waals surface area contributed by atoms with Gasteiger partial charge < -0.3 is 20.5 Å². The number of carboxylic acid groups (broad SMARTS) is 1. The number of hydrogen-bond donors (Lipinski definition) is 3. The molecule has 180 valence electrons. The third-order valence-electron chi connectivity index (χ3n) is 6.47. The summed E-state index contributed by atoms with van der Waals surface area (Å²) < 4.78 is 33.8. The summed E-state index contributed by atoms with van der Waals surface area (Å²) >= 11 is 0. The number of hydrogen-bond acceptors (Lipinski definition) is 4. The summed E-state index contributed by atoms with van der Waals surface area (Å²) in [6.45, 7) is -1.22. The number of fused-ring (bicyclic) bond motifs is 3. The van der Waals surface area contributed by atoms with Crippen molar-refractivity contribution in [1.29, 1.82) is 0 Å². The highest BCUT2D eigenvalue weighted by molar-refractivity contribution is 5.84. The number of alkyl halides is 2. The van der Waals surface area contributed by atoms with Gasteiger partial charge in [-0.3, -0.25) is 9.59 Å². The molecule has 1 saturated carbocycles. The summed E-state index contributed by atoms with van der Waals surface area (Å²) in [5.74, 6) is -6.61. The first-order chi connectivity index (χ1) is 16.2. The topological polar surface area (TPSA) is 105 Å². The molecule has 4 rings (SSSR count). The van der Waals surface area contributed by atoms with Crippen molar-refractivity contribution < 1.29 is 33.0 Å². The maximum Gasteiger partial charge on any atom is 0.407 e. The Labute approximate surface area is 195 Å². The van der Waals surface area contributed by atoms with E-state index >= 15 is 0 Å². The fourth-order valence-electron chi connectivity index (χ4n) is 4.84. The second-order valence-corrected chi connectivity index (χ2v) is 8.83. The number of rotatable bonds is 8. The highest BCUT2D eigenvalue weighted by atomic mass is 19.3. The van der Waals surface area contributed by atoms with Crippen LogP contribution in [-0.4, -0.2) is 48.2 Å². The Kier molecular flexibility index (Phi) is 6.81. The maximum absolute atomic E-state index is 14.3. The van der Waals surface area contributed by atoms with Gasteiger partial charge in [-0.05, 0) is 47.4 Å². The molecule has 0 spiro atoms. The van der Waals surface area contributed by atoms with Gasteiger partial charge in [-0.25, -0.2) is 4.79 Å². The lowest BCUT2D eigenvalue weighted by molar-refractivity contribution is -0.145. The van der Waals surface area contributed by atoms with E-state index in [0.29, 0.717) is 19.3 Å². The predicted octanol–water partition coefficient (Wildman–Crippen LogP) is 3.92. The van der Waals surface area contributed by atoms with Gasteiger partial charge in [0.15, 0.2) is 0 Å². The van der Waals surface area contributed by atoms with Gasteiger partial charge in [-0.1, -0.05) is 48.5 Å². The molecule has 0 aliphatic heterocycles. The van der Waals surface area contributed by atoms with E-state index < -0.39 is 36.5 Å². The third-order valence-corrected chi connectivity index (χ3v) is 6.47. The minimum atomic E-state index is -3.82. The van der Waals surface area contributed by atoms with Crippen molar-refractivity contribution in [2.75, 3.05) is 13.2 Å². The fraction of sp³-hybridized carbons (Fsp3) is 0.400. The van der Waals surface area contributed by atoms with E-state index in [1.165, 1.54) is 0 Å². The molecular weight excluding hydrogens is 446 g/mol. The summed E-state index contributed by atoms with van der Waals surface area (Å²) in [5, 5.41) is 13.1. The lowest BCUT2D eigenvalue weighted by Gasteiger charge is -2.20. The number of nitrogens with one attached hydrogen (secondary N) is 2. The fourth-order valence-corrected chi connectivity index (χ4v) is 4.84. The molecule has 2 aromatic rings. The van der Waals surface area contributed by atoms with E-state index in [4.69, 9.17) is 9.84 Å². The Balaban J connectivity index is 1.27. The van der Waals surface area contributed by atoms with Crippen LogP contribution in [0.2, 0.25) is 0 Å². The molecule has 34 heavy (non-hydrogen) atoms. The van der Waals surface area contributed by atoms with Gasteiger partial charge in [-0.15, -0.1) is 0 Å². The van der Waals surface area contributed by atoms with E-state index in [2.05, 4.69) is 5.32 Å². The number of benzene rings is 2. The summed E-state index contributed by atoms with van der Waals surface area (Å²) in [6, 6.07) is 15.0. The Morgan fingerprint density at radius 1 is 1.00 bits per heavy atom. The summed E-state index contributed by atoms with van der Waals surface area (Å²) in [7, 11) is 0. The smallest absolute Gasteiger partial charge is 0.407 e. The normalized spacial score (nSPS) is 19.2. The lowest BCUT2D eigenvalue weighted by atomic mass is 9.98. The molecule has 9 heteroatoms. The molecule has 0 bridgehead atoms. The van der Waals surface area contributed by atoms with Crippen LogP contribution in [0.4, 0.5) is 13.6 Å². The molecule has 2 aliphatic rings. The van der Waals surface area contributed by atoms with Gasteiger partial charge in [0.05, 0.1) is 6.54 Å². The van der Waals surface area contributed by atoms with E-state index in [1.807, 2.05) is 53.8 Å². The first kappa shape index (κ1) is 23.7. The van der Waals surface area contributed by atoms with Gasteiger partial charge >= 0.3 is 18.0 Å². The first-order valence-corrected chi connectivity index (χ1v) is 11.2. The van der Waals surface area contributed by atoms with E-state index in [-0.39, 0.29) is 24.9 Å². The van der Waals surface area contributed by atoms with Gasteiger partial charge in [0.1, 0.15) is 6.61 Å². The lowest BCUT2D eigenvalue weighted by Crippen LogP contribution is -2.50. The second-order valence-electron chi connectivity index (χ2n) is 8.83. The Morgan fingerprint density at radius 2 is 1.62 bits per heavy atom. The number of amides is 2. The summed E-state index contributed by atoms with van der Waals surface area (Å²) in [5.41, 5.74) is 4.10. The maximum atomic E-state index is 14.3. The van der Waals surface area contributed by atoms with E-state index in [0.717, 1.165) is 22.3 Å². The number of alkyl carbamates (subject to hydrolysis) is 1. The van der Waals surface area contributed by atoms with Crippen molar-refractivity contribution in [1.82, 2.24) is 10.6 Å². The van der Waals surface area contributed by atoms with Crippen LogP contribution in [0, 0.1) is 5.92 Å². The van der Waals surface area contributed by atoms with Crippen LogP contribution in [0.5, 0.6) is 0 Å². The number of halogens is 2. The molecule has 3 N–H and O–H groups in total. The summed E-state index contributed by atoms with van der Waals surface area (Å²) in [4.78, 5) is 35.0. The van der Waals surface area contributed by atoms with Crippen molar-refractivity contribution in [3.05, 3.63) is 59.7 Å². The third kappa shape index (κ3) is 5.18. The highest BCUT2D eigenvalue weighted by Crippen LogP contribution is 2.44. The molecule has 7 nitrogen and oxygen atoms in total. The molecule has 0 heterocycles. The van der Waals surface area contributed by atoms with Crippen molar-refractivity contribution >= 4 is 18.0 Å². The van der Waals surface area contributed by atoms with Gasteiger partial charge in [0.2, 0.25) is 0 Å². The van der Waals surface area contributed by atoms with Crippen molar-refractivity contribution in [3.8, 4) is 11.1 Å². The average Bonchev–Trinajstić information content (AvgIpc) is 3.37. The zero-order chi connectivity index (χ0) is 24.3. The largest absolute Gasteiger partial charge is 0.481 e. The van der Waals surface area contributed by atoms with Crippen molar-refractivity contribution in [2.45, 2.75) is 43.6 Å². The Hall–Kier alpha value is -3.49. The summed E-state index contributed by atoms with van der Waals surface area (Å²) in [6.07, 6.45) is 0.261. The van der Waals surface area contributed by atoms with Crippen LogP contribution in [0.25, 0.3) is 11.1 Å². The molecule has 2 atom stereocenters. The molecule has 0 saturated heterocycles. The molecule has 0 radical (unpaired) electrons. The van der Waals surface area contributed by atoms with Crippen LogP contribution in [-0.2, 0) is 14.3 Å². The first-order valence-electron chi connectivity index (χ1n) is 11.2. The molecule has 2 amide bonds. The number of carbonyl (C=O) groups excluding carboxylic acids is 2.